The zero-order chi connectivity index (χ0) is 56.1. The minimum absolute atomic E-state index is 0.0135. The lowest BCUT2D eigenvalue weighted by Crippen LogP contribution is -2.58. The van der Waals surface area contributed by atoms with Crippen LogP contribution in [0.4, 0.5) is 0 Å². The van der Waals surface area contributed by atoms with Gasteiger partial charge in [-0.15, -0.1) is 11.6 Å². The third-order valence-corrected chi connectivity index (χ3v) is 16.7. The van der Waals surface area contributed by atoms with Crippen LogP contribution in [0.1, 0.15) is 78.7 Å². The number of piperazine rings is 2. The summed E-state index contributed by atoms with van der Waals surface area (Å²) in [6, 6.07) is 40.3. The monoisotopic (exact) mass is 1140 g/mol. The molecular formula is C64H71Cl3N12O2. The first-order valence-electron chi connectivity index (χ1n) is 28.1. The Labute approximate surface area is 490 Å². The van der Waals surface area contributed by atoms with Crippen molar-refractivity contribution < 1.29 is 9.59 Å². The molecule has 81 heavy (non-hydrogen) atoms. The highest BCUT2D eigenvalue weighted by molar-refractivity contribution is 6.31. The number of halogens is 3. The van der Waals surface area contributed by atoms with E-state index in [1.807, 2.05) is 131 Å². The fourth-order valence-corrected chi connectivity index (χ4v) is 12.2. The van der Waals surface area contributed by atoms with Crippen LogP contribution in [0.2, 0.25) is 10.0 Å². The third kappa shape index (κ3) is 14.7. The normalized spacial score (nSPS) is 18.4. The second-order valence-electron chi connectivity index (χ2n) is 21.2. The number of hydrogen-bond donors (Lipinski definition) is 3. The summed E-state index contributed by atoms with van der Waals surface area (Å²) >= 11 is 19.0. The topological polar surface area (TPSA) is 141 Å². The van der Waals surface area contributed by atoms with Crippen LogP contribution in [0.3, 0.4) is 0 Å². The Morgan fingerprint density at radius 1 is 0.593 bits per heavy atom. The number of benzene rings is 4. The summed E-state index contributed by atoms with van der Waals surface area (Å²) in [4.78, 5) is 51.2. The van der Waals surface area contributed by atoms with Crippen molar-refractivity contribution in [1.82, 2.24) is 59.7 Å². The number of nitrogens with one attached hydrogen (secondary N) is 3. The number of rotatable bonds is 13. The highest BCUT2D eigenvalue weighted by Crippen LogP contribution is 2.38. The molecule has 4 aromatic carbocycles. The predicted octanol–water partition coefficient (Wildman–Crippen LogP) is 8.92. The second-order valence-corrected chi connectivity index (χ2v) is 22.6. The van der Waals surface area contributed by atoms with E-state index in [2.05, 4.69) is 84.3 Å². The molecule has 6 heterocycles. The number of aromatic nitrogens is 6. The van der Waals surface area contributed by atoms with E-state index in [1.165, 1.54) is 27.8 Å². The fourth-order valence-electron chi connectivity index (χ4n) is 11.4. The number of carbonyl (C=O) groups is 2. The zero-order valence-electron chi connectivity index (χ0n) is 46.1. The summed E-state index contributed by atoms with van der Waals surface area (Å²) in [5.74, 6) is 0.287. The Morgan fingerprint density at radius 3 is 1.67 bits per heavy atom. The van der Waals surface area contributed by atoms with Crippen LogP contribution in [0.5, 0.6) is 0 Å². The minimum atomic E-state index is -0.310. The van der Waals surface area contributed by atoms with Gasteiger partial charge in [0.25, 0.3) is 0 Å². The molecule has 17 heteroatoms. The molecule has 2 unspecified atom stereocenters. The van der Waals surface area contributed by atoms with E-state index in [9.17, 15) is 9.59 Å². The van der Waals surface area contributed by atoms with Gasteiger partial charge in [0.2, 0.25) is 11.8 Å². The van der Waals surface area contributed by atoms with Gasteiger partial charge in [-0.2, -0.15) is 0 Å². The Hall–Kier alpha value is -6.75. The molecule has 4 aliphatic rings. The van der Waals surface area contributed by atoms with E-state index in [1.54, 1.807) is 12.5 Å². The summed E-state index contributed by atoms with van der Waals surface area (Å²) in [5, 5.41) is 11.5. The van der Waals surface area contributed by atoms with E-state index >= 15 is 0 Å². The van der Waals surface area contributed by atoms with Crippen LogP contribution >= 0.6 is 34.8 Å². The molecule has 14 nitrogen and oxygen atoms in total. The van der Waals surface area contributed by atoms with Crippen LogP contribution in [-0.2, 0) is 75.3 Å². The van der Waals surface area contributed by atoms with E-state index < -0.39 is 0 Å². The van der Waals surface area contributed by atoms with Crippen LogP contribution in [-0.4, -0.2) is 120 Å². The minimum Gasteiger partial charge on any atom is -0.338 e. The number of pyridine rings is 2. The molecule has 0 spiro atoms. The first kappa shape index (κ1) is 57.5. The Bertz CT molecular complexity index is 3350. The standard InChI is InChI=1S/C32H35ClN6O.C18H25N5O.C14H11Cl2N/c1-37-22-34-19-27(37)13-16-39(20-23-6-3-2-4-7-23)32(40)29-21-38(17-15-35-29)31-28-12-11-26(33)18-25(28)10-9-24-8-5-14-36-30(24)31;1-22-14-20-11-16(22)7-10-23(13-15-5-3-2-4-6-15)18(24)17-12-19-8-9-21-17;15-11-5-6-12-10(8-11)4-3-9-2-1-7-17-14(9)13(12)16/h2-8,11-12,14,18-19,22,29,31,35H,9-10,13,15-17,20-21H2,1H3;2-6,11,14,17,19,21H,7-10,12-13H2,1H3;1-2,5-8,13H,3-4H2/t29-,31?;17-;/m11./s1. The molecule has 8 aromatic rings. The highest BCUT2D eigenvalue weighted by atomic mass is 35.5. The number of alkyl halides is 1. The number of fused-ring (bicyclic) bond motifs is 4. The smallest absolute Gasteiger partial charge is 0.241 e. The average molecular weight is 1150 g/mol. The quantitative estimate of drug-likeness (QED) is 0.0960. The molecule has 0 bridgehead atoms. The van der Waals surface area contributed by atoms with E-state index in [4.69, 9.17) is 39.8 Å². The molecule has 0 radical (unpaired) electrons. The SMILES string of the molecule is Clc1ccc2c(c1)CCc1cccnc1C2Cl.Cn1cncc1CCN(Cc1ccccc1)C(=O)[C@H]1CN(C2c3ccc(Cl)cc3CCc3cccnc32)CCN1.Cn1cncc1CCN(Cc1ccccc1)C(=O)[C@H]1CNCCN1. The summed E-state index contributed by atoms with van der Waals surface area (Å²) in [6.45, 7) is 7.13. The number of carbonyl (C=O) groups excluding carboxylic acids is 2. The van der Waals surface area contributed by atoms with Gasteiger partial charge in [-0.05, 0) is 107 Å². The van der Waals surface area contributed by atoms with E-state index in [-0.39, 0.29) is 35.3 Å². The van der Waals surface area contributed by atoms with Crippen molar-refractivity contribution in [2.75, 3.05) is 52.4 Å². The molecule has 420 valence electrons. The van der Waals surface area contributed by atoms with Crippen LogP contribution in [0.15, 0.2) is 159 Å². The van der Waals surface area contributed by atoms with Gasteiger partial charge < -0.3 is 34.9 Å². The van der Waals surface area contributed by atoms with Gasteiger partial charge in [0.15, 0.2) is 0 Å². The number of hydrogen-bond acceptors (Lipinski definition) is 10. The second kappa shape index (κ2) is 27.8. The molecule has 0 saturated carbocycles. The van der Waals surface area contributed by atoms with Crippen molar-refractivity contribution in [2.24, 2.45) is 14.1 Å². The third-order valence-electron chi connectivity index (χ3n) is 15.8. The average Bonchev–Trinajstić information content (AvgIpc) is 4.20. The van der Waals surface area contributed by atoms with Gasteiger partial charge in [-0.3, -0.25) is 24.5 Å². The van der Waals surface area contributed by atoms with Gasteiger partial charge in [0.1, 0.15) is 5.38 Å². The van der Waals surface area contributed by atoms with Gasteiger partial charge in [-0.1, -0.05) is 108 Å². The molecule has 2 aliphatic carbocycles. The lowest BCUT2D eigenvalue weighted by Gasteiger charge is -2.40. The van der Waals surface area contributed by atoms with Gasteiger partial charge in [-0.25, -0.2) is 9.97 Å². The van der Waals surface area contributed by atoms with Crippen LogP contribution in [0, 0.1) is 0 Å². The lowest BCUT2D eigenvalue weighted by molar-refractivity contribution is -0.135. The highest BCUT2D eigenvalue weighted by Gasteiger charge is 2.37. The molecule has 2 aliphatic heterocycles. The maximum atomic E-state index is 14.2. The fraction of sp³-hybridized carbons (Fsp3) is 0.344. The van der Waals surface area contributed by atoms with Gasteiger partial charge >= 0.3 is 0 Å². The molecular weight excluding hydrogens is 1080 g/mol. The van der Waals surface area contributed by atoms with Crippen molar-refractivity contribution in [3.63, 3.8) is 0 Å². The van der Waals surface area contributed by atoms with Crippen molar-refractivity contribution in [3.8, 4) is 0 Å². The molecule has 12 rings (SSSR count). The van der Waals surface area contributed by atoms with Crippen molar-refractivity contribution in [3.05, 3.63) is 236 Å². The molecule has 2 fully saturated rings. The summed E-state index contributed by atoms with van der Waals surface area (Å²) in [7, 11) is 3.98. The number of aryl methyl sites for hydroxylation is 6. The van der Waals surface area contributed by atoms with Crippen molar-refractivity contribution in [1.29, 1.82) is 0 Å². The Morgan fingerprint density at radius 2 is 1.11 bits per heavy atom. The van der Waals surface area contributed by atoms with Gasteiger partial charge in [0.05, 0.1) is 42.2 Å². The first-order valence-corrected chi connectivity index (χ1v) is 29.3. The number of nitrogens with zero attached hydrogens (tertiary/aromatic N) is 9. The summed E-state index contributed by atoms with van der Waals surface area (Å²) < 4.78 is 4.03. The molecule has 4 atom stereocenters. The lowest BCUT2D eigenvalue weighted by atomic mass is 9.95. The molecule has 3 N–H and O–H groups in total. The Kier molecular flexibility index (Phi) is 19.7. The summed E-state index contributed by atoms with van der Waals surface area (Å²) in [6.07, 6.45) is 16.4. The van der Waals surface area contributed by atoms with Crippen molar-refractivity contribution in [2.45, 2.75) is 75.1 Å². The van der Waals surface area contributed by atoms with E-state index in [0.29, 0.717) is 39.3 Å². The van der Waals surface area contributed by atoms with Gasteiger partial charge in [0, 0.05) is 139 Å². The Balaban J connectivity index is 0.000000151. The first-order chi connectivity index (χ1) is 39.6. The maximum Gasteiger partial charge on any atom is 0.241 e. The number of imidazole rings is 2. The number of amides is 2. The van der Waals surface area contributed by atoms with Crippen LogP contribution in [0.25, 0.3) is 0 Å². The zero-order valence-corrected chi connectivity index (χ0v) is 48.4. The molecule has 2 amide bonds. The largest absolute Gasteiger partial charge is 0.338 e. The molecule has 2 saturated heterocycles. The molecule has 4 aromatic heterocycles. The van der Waals surface area contributed by atoms with Crippen LogP contribution < -0.4 is 16.0 Å². The summed E-state index contributed by atoms with van der Waals surface area (Å²) in [5.41, 5.74) is 14.0. The predicted molar refractivity (Wildman–Crippen MR) is 321 cm³/mol. The van der Waals surface area contributed by atoms with Crippen molar-refractivity contribution >= 4 is 46.6 Å². The maximum absolute atomic E-state index is 14.2. The van der Waals surface area contributed by atoms with E-state index in [0.717, 1.165) is 114 Å².